The lowest BCUT2D eigenvalue weighted by Crippen LogP contribution is -2.58. The molecule has 1 fully saturated rings. The molecule has 0 aromatic heterocycles. The fourth-order valence-electron chi connectivity index (χ4n) is 6.00. The third-order valence-electron chi connectivity index (χ3n) is 8.92. The Balaban J connectivity index is 1.82. The number of likely N-dealkylation sites (tertiary alicyclic amines) is 1. The summed E-state index contributed by atoms with van der Waals surface area (Å²) >= 11 is 0. The van der Waals surface area contributed by atoms with Crippen LogP contribution in [0.4, 0.5) is 0 Å². The van der Waals surface area contributed by atoms with E-state index in [9.17, 15) is 29.1 Å². The number of benzene rings is 2. The zero-order chi connectivity index (χ0) is 35.3. The average Bonchev–Trinajstić information content (AvgIpc) is 3.06. The first-order valence-electron chi connectivity index (χ1n) is 16.8. The Bertz CT molecular complexity index is 1360. The van der Waals surface area contributed by atoms with Crippen LogP contribution < -0.4 is 27.8 Å². The number of aliphatic carboxylic acids is 1. The highest BCUT2D eigenvalue weighted by Gasteiger charge is 2.42. The summed E-state index contributed by atoms with van der Waals surface area (Å²) in [5, 5.41) is 15.2. The lowest BCUT2D eigenvalue weighted by Gasteiger charge is -2.38. The smallest absolute Gasteiger partial charge is 0.323 e. The van der Waals surface area contributed by atoms with Crippen molar-refractivity contribution in [3.05, 3.63) is 71.8 Å². The molecule has 0 spiro atoms. The molecule has 0 bridgehead atoms. The SMILES string of the molecule is CC(C)C[C@@H](NC(=O)[C@@H](Cc1ccccc1)NC(=O)C[C@H](N)c1ccccc1)C(=O)[C@@H](CCCCN)C(=O)N1CCC(N)(C(=O)O)CC1. The van der Waals surface area contributed by atoms with E-state index in [0.29, 0.717) is 19.4 Å². The summed E-state index contributed by atoms with van der Waals surface area (Å²) in [7, 11) is 0. The van der Waals surface area contributed by atoms with E-state index >= 15 is 0 Å². The van der Waals surface area contributed by atoms with Gasteiger partial charge < -0.3 is 37.8 Å². The van der Waals surface area contributed by atoms with Crippen LogP contribution in [0, 0.1) is 11.8 Å². The van der Waals surface area contributed by atoms with Gasteiger partial charge in [-0.25, -0.2) is 0 Å². The van der Waals surface area contributed by atoms with E-state index in [0.717, 1.165) is 11.1 Å². The fraction of sp³-hybridized carbons (Fsp3) is 0.528. The fourth-order valence-corrected chi connectivity index (χ4v) is 6.00. The van der Waals surface area contributed by atoms with Gasteiger partial charge in [0.15, 0.2) is 5.78 Å². The van der Waals surface area contributed by atoms with Crippen molar-refractivity contribution in [3.63, 3.8) is 0 Å². The van der Waals surface area contributed by atoms with Crippen molar-refractivity contribution in [3.8, 4) is 0 Å². The molecule has 48 heavy (non-hydrogen) atoms. The Morgan fingerprint density at radius 2 is 1.50 bits per heavy atom. The second-order valence-electron chi connectivity index (χ2n) is 13.2. The maximum atomic E-state index is 14.2. The molecule has 0 aliphatic carbocycles. The number of hydrogen-bond donors (Lipinski definition) is 6. The molecule has 0 saturated carbocycles. The summed E-state index contributed by atoms with van der Waals surface area (Å²) in [6, 6.07) is 15.9. The molecule has 1 heterocycles. The monoisotopic (exact) mass is 664 g/mol. The van der Waals surface area contributed by atoms with Gasteiger partial charge in [-0.3, -0.25) is 24.0 Å². The normalized spacial score (nSPS) is 16.8. The van der Waals surface area contributed by atoms with Crippen molar-refractivity contribution in [2.45, 2.75) is 88.9 Å². The topological polar surface area (TPSA) is 211 Å². The average molecular weight is 665 g/mol. The molecule has 262 valence electrons. The van der Waals surface area contributed by atoms with Gasteiger partial charge in [-0.2, -0.15) is 0 Å². The predicted molar refractivity (Wildman–Crippen MR) is 183 cm³/mol. The molecule has 0 unspecified atom stereocenters. The van der Waals surface area contributed by atoms with Crippen molar-refractivity contribution in [2.24, 2.45) is 29.0 Å². The van der Waals surface area contributed by atoms with Gasteiger partial charge in [-0.1, -0.05) is 80.9 Å². The molecule has 2 aromatic rings. The summed E-state index contributed by atoms with van der Waals surface area (Å²) < 4.78 is 0. The van der Waals surface area contributed by atoms with Crippen LogP contribution in [0.25, 0.3) is 0 Å². The Kier molecular flexibility index (Phi) is 14.7. The number of carbonyl (C=O) groups is 5. The van der Waals surface area contributed by atoms with Gasteiger partial charge in [0, 0.05) is 32.0 Å². The van der Waals surface area contributed by atoms with E-state index in [-0.39, 0.29) is 57.5 Å². The zero-order valence-corrected chi connectivity index (χ0v) is 28.1. The molecule has 9 N–H and O–H groups in total. The van der Waals surface area contributed by atoms with Crippen molar-refractivity contribution >= 4 is 29.5 Å². The predicted octanol–water partition coefficient (Wildman–Crippen LogP) is 2.05. The molecular weight excluding hydrogens is 612 g/mol. The maximum Gasteiger partial charge on any atom is 0.323 e. The van der Waals surface area contributed by atoms with E-state index in [1.165, 1.54) is 4.90 Å². The second kappa shape index (κ2) is 18.4. The van der Waals surface area contributed by atoms with Crippen molar-refractivity contribution in [1.29, 1.82) is 0 Å². The first-order chi connectivity index (χ1) is 22.8. The minimum Gasteiger partial charge on any atom is -0.480 e. The van der Waals surface area contributed by atoms with Crippen molar-refractivity contribution in [2.75, 3.05) is 19.6 Å². The number of nitrogens with one attached hydrogen (secondary N) is 2. The highest BCUT2D eigenvalue weighted by Crippen LogP contribution is 2.25. The number of carboxylic acids is 1. The Morgan fingerprint density at radius 1 is 0.896 bits per heavy atom. The van der Waals surface area contributed by atoms with E-state index in [1.807, 2.05) is 74.5 Å². The molecule has 2 aromatic carbocycles. The molecular formula is C36H52N6O6. The summed E-state index contributed by atoms with van der Waals surface area (Å²) in [6.07, 6.45) is 1.93. The van der Waals surface area contributed by atoms with E-state index in [1.54, 1.807) is 0 Å². The molecule has 12 heteroatoms. The molecule has 3 amide bonds. The van der Waals surface area contributed by atoms with Crippen molar-refractivity contribution in [1.82, 2.24) is 15.5 Å². The highest BCUT2D eigenvalue weighted by molar-refractivity contribution is 6.05. The van der Waals surface area contributed by atoms with Crippen LogP contribution in [-0.2, 0) is 30.4 Å². The third-order valence-corrected chi connectivity index (χ3v) is 8.92. The number of amides is 3. The van der Waals surface area contributed by atoms with Crippen LogP contribution in [0.1, 0.15) is 76.0 Å². The van der Waals surface area contributed by atoms with E-state index < -0.39 is 59.1 Å². The lowest BCUT2D eigenvalue weighted by molar-refractivity contribution is -0.150. The molecule has 0 radical (unpaired) electrons. The first-order valence-corrected chi connectivity index (χ1v) is 16.8. The van der Waals surface area contributed by atoms with Crippen molar-refractivity contribution < 1.29 is 29.1 Å². The quantitative estimate of drug-likeness (QED) is 0.102. The number of nitrogens with zero attached hydrogens (tertiary/aromatic N) is 1. The minimum absolute atomic E-state index is 0.00603. The summed E-state index contributed by atoms with van der Waals surface area (Å²) in [5.41, 5.74) is 18.2. The molecule has 1 aliphatic heterocycles. The van der Waals surface area contributed by atoms with E-state index in [2.05, 4.69) is 10.6 Å². The van der Waals surface area contributed by atoms with Crippen LogP contribution in [0.2, 0.25) is 0 Å². The molecule has 1 aliphatic rings. The van der Waals surface area contributed by atoms with Gasteiger partial charge in [0.25, 0.3) is 0 Å². The van der Waals surface area contributed by atoms with Gasteiger partial charge in [0.2, 0.25) is 17.7 Å². The number of rotatable bonds is 18. The Labute approximate surface area is 283 Å². The van der Waals surface area contributed by atoms with Crippen LogP contribution in [0.3, 0.4) is 0 Å². The summed E-state index contributed by atoms with van der Waals surface area (Å²) in [6.45, 7) is 4.46. The number of Topliss-reactive ketones (excluding diaryl/α,β-unsaturated/α-hetero) is 1. The second-order valence-corrected chi connectivity index (χ2v) is 13.2. The first kappa shape index (κ1) is 38.3. The maximum absolute atomic E-state index is 14.2. The summed E-state index contributed by atoms with van der Waals surface area (Å²) in [5.74, 6) is -3.96. The number of unbranched alkanes of at least 4 members (excludes halogenated alkanes) is 1. The largest absolute Gasteiger partial charge is 0.480 e. The lowest BCUT2D eigenvalue weighted by atomic mass is 9.85. The number of carboxylic acid groups (broad SMARTS) is 1. The minimum atomic E-state index is -1.42. The van der Waals surface area contributed by atoms with Gasteiger partial charge in [0.1, 0.15) is 11.6 Å². The number of nitrogens with two attached hydrogens (primary N) is 3. The highest BCUT2D eigenvalue weighted by atomic mass is 16.4. The van der Waals surface area contributed by atoms with Gasteiger partial charge in [-0.15, -0.1) is 0 Å². The van der Waals surface area contributed by atoms with Crippen LogP contribution >= 0.6 is 0 Å². The van der Waals surface area contributed by atoms with Crippen LogP contribution in [0.15, 0.2) is 60.7 Å². The molecule has 1 saturated heterocycles. The van der Waals surface area contributed by atoms with Gasteiger partial charge >= 0.3 is 5.97 Å². The summed E-state index contributed by atoms with van der Waals surface area (Å²) in [4.78, 5) is 68.3. The number of hydrogen-bond acceptors (Lipinski definition) is 8. The van der Waals surface area contributed by atoms with Crippen LogP contribution in [-0.4, -0.2) is 76.7 Å². The molecule has 4 atom stereocenters. The zero-order valence-electron chi connectivity index (χ0n) is 28.1. The standard InChI is InChI=1S/C36H52N6O6/c1-24(2)21-29(32(44)27(15-9-10-18-37)34(46)42-19-16-36(39,17-20-42)35(47)48)41-33(45)30(22-25-11-5-3-6-12-25)40-31(43)23-28(38)26-13-7-4-8-14-26/h3-8,11-14,24,27-30H,9-10,15-23,37-39H2,1-2H3,(H,40,43)(H,41,45)(H,47,48)/t27-,28+,29-,30-/m1/s1. The van der Waals surface area contributed by atoms with E-state index in [4.69, 9.17) is 17.2 Å². The number of piperidine rings is 1. The van der Waals surface area contributed by atoms with Gasteiger partial charge in [0.05, 0.1) is 12.0 Å². The van der Waals surface area contributed by atoms with Gasteiger partial charge in [-0.05, 0) is 55.7 Å². The molecule has 12 nitrogen and oxygen atoms in total. The Hall–Kier alpha value is -4.13. The van der Waals surface area contributed by atoms with Crippen LogP contribution in [0.5, 0.6) is 0 Å². The Morgan fingerprint density at radius 3 is 2.06 bits per heavy atom. The number of ketones is 1. The number of carbonyl (C=O) groups excluding carboxylic acids is 4. The molecule has 3 rings (SSSR count). The third kappa shape index (κ3) is 11.2.